The maximum Gasteiger partial charge on any atom is 0.257 e. The summed E-state index contributed by atoms with van der Waals surface area (Å²) in [5.41, 5.74) is 5.63. The number of nitrogens with two attached hydrogens (primary N) is 1. The van der Waals surface area contributed by atoms with Crippen molar-refractivity contribution in [3.63, 3.8) is 0 Å². The van der Waals surface area contributed by atoms with Crippen molar-refractivity contribution in [2.24, 2.45) is 5.73 Å². The molecule has 0 aliphatic carbocycles. The maximum atomic E-state index is 12.7. The zero-order valence-corrected chi connectivity index (χ0v) is 10.6. The second-order valence-corrected chi connectivity index (χ2v) is 4.53. The molecule has 2 aromatic rings. The molecule has 3 N–H and O–H groups in total. The Morgan fingerprint density at radius 2 is 2.16 bits per heavy atom. The first-order valence-electron chi connectivity index (χ1n) is 5.41. The van der Waals surface area contributed by atoms with Crippen LogP contribution in [0.5, 0.6) is 0 Å². The van der Waals surface area contributed by atoms with E-state index in [1.54, 1.807) is 6.20 Å². The highest BCUT2D eigenvalue weighted by atomic mass is 32.1. The molecule has 0 saturated heterocycles. The van der Waals surface area contributed by atoms with E-state index in [0.717, 1.165) is 4.88 Å². The molecular weight excluding hydrogens is 265 g/mol. The second kappa shape index (κ2) is 6.09. The molecule has 0 spiro atoms. The Kier molecular flexibility index (Phi) is 4.23. The molecule has 96 valence electrons. The van der Waals surface area contributed by atoms with Crippen molar-refractivity contribution in [2.75, 3.05) is 11.9 Å². The minimum absolute atomic E-state index is 0.273. The zero-order valence-electron chi connectivity index (χ0n) is 9.81. The first-order chi connectivity index (χ1) is 9.19. The van der Waals surface area contributed by atoms with Crippen molar-refractivity contribution in [1.82, 2.24) is 4.98 Å². The van der Waals surface area contributed by atoms with E-state index in [2.05, 4.69) is 22.1 Å². The average Bonchev–Trinajstić information content (AvgIpc) is 2.84. The maximum absolute atomic E-state index is 12.7. The molecule has 0 bridgehead atoms. The van der Waals surface area contributed by atoms with Crippen LogP contribution in [0.15, 0.2) is 30.5 Å². The summed E-state index contributed by atoms with van der Waals surface area (Å²) in [4.78, 5) is 16.6. The first kappa shape index (κ1) is 13.2. The van der Waals surface area contributed by atoms with Crippen LogP contribution in [-0.2, 0) is 0 Å². The Balaban J connectivity index is 2.06. The summed E-state index contributed by atoms with van der Waals surface area (Å²) in [5, 5.41) is 3.06. The van der Waals surface area contributed by atoms with Crippen LogP contribution < -0.4 is 11.1 Å². The van der Waals surface area contributed by atoms with E-state index in [9.17, 15) is 9.18 Å². The number of nitrogens with zero attached hydrogens (tertiary/aromatic N) is 1. The van der Waals surface area contributed by atoms with Gasteiger partial charge in [-0.25, -0.2) is 9.37 Å². The van der Waals surface area contributed by atoms with Crippen LogP contribution in [0.4, 0.5) is 9.52 Å². The van der Waals surface area contributed by atoms with E-state index in [4.69, 9.17) is 5.73 Å². The number of aromatic nitrogens is 1. The summed E-state index contributed by atoms with van der Waals surface area (Å²) in [5.74, 6) is 4.80. The molecule has 2 rings (SSSR count). The number of anilines is 1. The van der Waals surface area contributed by atoms with Gasteiger partial charge in [-0.15, -0.1) is 0 Å². The Hall–Kier alpha value is -2.23. The Bertz CT molecular complexity index is 640. The smallest absolute Gasteiger partial charge is 0.257 e. The zero-order chi connectivity index (χ0) is 13.7. The molecule has 0 unspecified atom stereocenters. The number of amides is 1. The molecule has 1 amide bonds. The molecule has 0 radical (unpaired) electrons. The Labute approximate surface area is 113 Å². The van der Waals surface area contributed by atoms with Gasteiger partial charge < -0.3 is 5.73 Å². The topological polar surface area (TPSA) is 68.0 Å². The van der Waals surface area contributed by atoms with Crippen molar-refractivity contribution >= 4 is 22.4 Å². The standard InChI is InChI=1S/C13H10FN3OS/c14-10-5-3-9(4-6-10)12(18)17-13-16-8-11(19-13)2-1-7-15/h3-6,8H,7,15H2,(H,16,17,18). The first-order valence-corrected chi connectivity index (χ1v) is 6.22. The van der Waals surface area contributed by atoms with Crippen LogP contribution in [0.25, 0.3) is 0 Å². The normalized spacial score (nSPS) is 9.58. The van der Waals surface area contributed by atoms with Gasteiger partial charge in [0.1, 0.15) is 5.82 Å². The third-order valence-electron chi connectivity index (χ3n) is 2.15. The lowest BCUT2D eigenvalue weighted by atomic mass is 10.2. The molecule has 1 aromatic carbocycles. The van der Waals surface area contributed by atoms with E-state index < -0.39 is 0 Å². The van der Waals surface area contributed by atoms with Crippen molar-refractivity contribution in [1.29, 1.82) is 0 Å². The minimum Gasteiger partial charge on any atom is -0.320 e. The molecule has 1 aromatic heterocycles. The third-order valence-corrected chi connectivity index (χ3v) is 2.97. The van der Waals surface area contributed by atoms with Crippen LogP contribution in [0, 0.1) is 17.7 Å². The quantitative estimate of drug-likeness (QED) is 0.822. The fraction of sp³-hybridized carbons (Fsp3) is 0.0769. The molecule has 19 heavy (non-hydrogen) atoms. The van der Waals surface area contributed by atoms with Crippen molar-refractivity contribution in [3.8, 4) is 11.8 Å². The van der Waals surface area contributed by atoms with Crippen molar-refractivity contribution in [3.05, 3.63) is 46.7 Å². The molecule has 1 heterocycles. The van der Waals surface area contributed by atoms with Gasteiger partial charge in [0.15, 0.2) is 5.13 Å². The van der Waals surface area contributed by atoms with E-state index >= 15 is 0 Å². The largest absolute Gasteiger partial charge is 0.320 e. The number of thiazole rings is 1. The molecule has 4 nitrogen and oxygen atoms in total. The number of hydrogen-bond acceptors (Lipinski definition) is 4. The second-order valence-electron chi connectivity index (χ2n) is 3.50. The van der Waals surface area contributed by atoms with Crippen molar-refractivity contribution in [2.45, 2.75) is 0 Å². The fourth-order valence-corrected chi connectivity index (χ4v) is 1.98. The number of halogens is 1. The number of benzene rings is 1. The summed E-state index contributed by atoms with van der Waals surface area (Å²) in [6.07, 6.45) is 1.56. The molecule has 6 heteroatoms. The van der Waals surface area contributed by atoms with Crippen molar-refractivity contribution < 1.29 is 9.18 Å². The summed E-state index contributed by atoms with van der Waals surface area (Å²) < 4.78 is 12.7. The number of carbonyl (C=O) groups excluding carboxylic acids is 1. The Morgan fingerprint density at radius 3 is 2.84 bits per heavy atom. The SMILES string of the molecule is NCC#Cc1cnc(NC(=O)c2ccc(F)cc2)s1. The molecule has 0 fully saturated rings. The average molecular weight is 275 g/mol. The highest BCUT2D eigenvalue weighted by Crippen LogP contribution is 2.17. The summed E-state index contributed by atoms with van der Waals surface area (Å²) in [7, 11) is 0. The van der Waals surface area contributed by atoms with Crippen LogP contribution in [0.1, 0.15) is 15.2 Å². The van der Waals surface area contributed by atoms with Crippen LogP contribution in [0.3, 0.4) is 0 Å². The highest BCUT2D eigenvalue weighted by Gasteiger charge is 2.08. The molecule has 0 saturated carbocycles. The van der Waals surface area contributed by atoms with Crippen LogP contribution in [-0.4, -0.2) is 17.4 Å². The van der Waals surface area contributed by atoms with Crippen LogP contribution >= 0.6 is 11.3 Å². The lowest BCUT2D eigenvalue weighted by molar-refractivity contribution is 0.102. The summed E-state index contributed by atoms with van der Waals surface area (Å²) in [6, 6.07) is 5.28. The molecule has 0 aliphatic rings. The van der Waals surface area contributed by atoms with E-state index in [-0.39, 0.29) is 18.3 Å². The van der Waals surface area contributed by atoms with Gasteiger partial charge >= 0.3 is 0 Å². The van der Waals surface area contributed by atoms with Gasteiger partial charge in [-0.1, -0.05) is 23.2 Å². The molecule has 0 atom stereocenters. The molecule has 0 aliphatic heterocycles. The van der Waals surface area contributed by atoms with Gasteiger partial charge in [-0.05, 0) is 24.3 Å². The summed E-state index contributed by atoms with van der Waals surface area (Å²) in [6.45, 7) is 0.273. The lowest BCUT2D eigenvalue weighted by Crippen LogP contribution is -2.11. The highest BCUT2D eigenvalue weighted by molar-refractivity contribution is 7.16. The summed E-state index contributed by atoms with van der Waals surface area (Å²) >= 11 is 1.25. The predicted octanol–water partition coefficient (Wildman–Crippen LogP) is 1.84. The lowest BCUT2D eigenvalue weighted by Gasteiger charge is -2.00. The third kappa shape index (κ3) is 3.61. The number of nitrogens with one attached hydrogen (secondary N) is 1. The van der Waals surface area contributed by atoms with Gasteiger partial charge in [0.2, 0.25) is 0 Å². The van der Waals surface area contributed by atoms with Gasteiger partial charge in [-0.2, -0.15) is 0 Å². The minimum atomic E-state index is -0.384. The van der Waals surface area contributed by atoms with Gasteiger partial charge in [0.05, 0.1) is 17.6 Å². The molecular formula is C13H10FN3OS. The number of hydrogen-bond donors (Lipinski definition) is 2. The van der Waals surface area contributed by atoms with Gasteiger partial charge in [0, 0.05) is 5.56 Å². The van der Waals surface area contributed by atoms with E-state index in [1.807, 2.05) is 0 Å². The Morgan fingerprint density at radius 1 is 1.42 bits per heavy atom. The van der Waals surface area contributed by atoms with Crippen LogP contribution in [0.2, 0.25) is 0 Å². The fourth-order valence-electron chi connectivity index (χ4n) is 1.30. The van der Waals surface area contributed by atoms with Gasteiger partial charge in [0.25, 0.3) is 5.91 Å². The van der Waals surface area contributed by atoms with Gasteiger partial charge in [-0.3, -0.25) is 10.1 Å². The number of carbonyl (C=O) groups is 1. The van der Waals surface area contributed by atoms with E-state index in [1.165, 1.54) is 35.6 Å². The number of rotatable bonds is 2. The van der Waals surface area contributed by atoms with E-state index in [0.29, 0.717) is 10.7 Å². The monoisotopic (exact) mass is 275 g/mol. The predicted molar refractivity (Wildman–Crippen MR) is 72.4 cm³/mol.